The molecule has 1 fully saturated rings. The Morgan fingerprint density at radius 3 is 2.19 bits per heavy atom. The molecule has 2 aromatic rings. The largest absolute Gasteiger partial charge is 0.493 e. The summed E-state index contributed by atoms with van der Waals surface area (Å²) in [5, 5.41) is 7.02. The van der Waals surface area contributed by atoms with Gasteiger partial charge in [0.2, 0.25) is 5.75 Å². The van der Waals surface area contributed by atoms with E-state index in [9.17, 15) is 4.79 Å². The zero-order valence-electron chi connectivity index (χ0n) is 17.8. The molecule has 3 rings (SSSR count). The van der Waals surface area contributed by atoms with E-state index in [4.69, 9.17) is 37.4 Å². The molecule has 0 atom stereocenters. The third-order valence-electron chi connectivity index (χ3n) is 5.24. The zero-order valence-corrected chi connectivity index (χ0v) is 19.3. The summed E-state index contributed by atoms with van der Waals surface area (Å²) in [6.07, 6.45) is 1.73. The lowest BCUT2D eigenvalue weighted by atomic mass is 10.0. The molecule has 0 saturated carbocycles. The second-order valence-electron chi connectivity index (χ2n) is 7.31. The summed E-state index contributed by atoms with van der Waals surface area (Å²) in [6, 6.07) is 8.94. The van der Waals surface area contributed by atoms with E-state index in [1.54, 1.807) is 12.1 Å². The molecule has 1 aliphatic heterocycles. The lowest BCUT2D eigenvalue weighted by Crippen LogP contribution is -2.45. The van der Waals surface area contributed by atoms with Gasteiger partial charge in [-0.05, 0) is 30.5 Å². The summed E-state index contributed by atoms with van der Waals surface area (Å²) in [6.45, 7) is 2.58. The summed E-state index contributed by atoms with van der Waals surface area (Å²) in [5.74, 6) is 1.44. The summed E-state index contributed by atoms with van der Waals surface area (Å²) >= 11 is 12.1. The molecule has 168 valence electrons. The molecule has 0 unspecified atom stereocenters. The number of nitrogens with one attached hydrogen (secondary N) is 2. The molecule has 1 heterocycles. The number of likely N-dealkylation sites (tertiary alicyclic amines) is 1. The fourth-order valence-electron chi connectivity index (χ4n) is 3.64. The number of benzene rings is 2. The summed E-state index contributed by atoms with van der Waals surface area (Å²) in [7, 11) is 4.61. The van der Waals surface area contributed by atoms with Crippen LogP contribution in [-0.2, 0) is 6.54 Å². The van der Waals surface area contributed by atoms with Gasteiger partial charge < -0.3 is 24.8 Å². The molecule has 0 radical (unpaired) electrons. The first-order valence-electron chi connectivity index (χ1n) is 9.97. The third kappa shape index (κ3) is 6.09. The van der Waals surface area contributed by atoms with Crippen molar-refractivity contribution >= 4 is 34.9 Å². The van der Waals surface area contributed by atoms with Gasteiger partial charge in [0, 0.05) is 37.8 Å². The van der Waals surface area contributed by atoms with Gasteiger partial charge in [-0.1, -0.05) is 29.3 Å². The highest BCUT2D eigenvalue weighted by atomic mass is 35.5. The fourth-order valence-corrected chi connectivity index (χ4v) is 3.96. The van der Waals surface area contributed by atoms with Crippen LogP contribution in [0.3, 0.4) is 0 Å². The van der Waals surface area contributed by atoms with Gasteiger partial charge in [-0.2, -0.15) is 0 Å². The number of hydrogen-bond acceptors (Lipinski definition) is 5. The number of halogens is 2. The Morgan fingerprint density at radius 1 is 1.00 bits per heavy atom. The van der Waals surface area contributed by atoms with Crippen molar-refractivity contribution in [1.82, 2.24) is 10.2 Å². The van der Waals surface area contributed by atoms with E-state index in [1.165, 1.54) is 21.3 Å². The zero-order chi connectivity index (χ0) is 22.4. The summed E-state index contributed by atoms with van der Waals surface area (Å²) < 4.78 is 16.0. The molecule has 0 aromatic heterocycles. The number of piperidine rings is 1. The van der Waals surface area contributed by atoms with Gasteiger partial charge in [0.25, 0.3) is 0 Å². The number of amides is 2. The average molecular weight is 468 g/mol. The van der Waals surface area contributed by atoms with Crippen molar-refractivity contribution in [3.8, 4) is 17.2 Å². The highest BCUT2D eigenvalue weighted by molar-refractivity contribution is 6.42. The molecule has 0 bridgehead atoms. The molecule has 7 nitrogen and oxygen atoms in total. The molecule has 0 spiro atoms. The van der Waals surface area contributed by atoms with Gasteiger partial charge in [-0.15, -0.1) is 0 Å². The van der Waals surface area contributed by atoms with Gasteiger partial charge in [0.05, 0.1) is 37.1 Å². The van der Waals surface area contributed by atoms with Crippen LogP contribution in [0.15, 0.2) is 30.3 Å². The lowest BCUT2D eigenvalue weighted by Gasteiger charge is -2.32. The van der Waals surface area contributed by atoms with E-state index in [1.807, 2.05) is 18.2 Å². The molecular formula is C22H27Cl2N3O4. The SMILES string of the molecule is COc1cc(NC(=O)NC2CCN(Cc3ccc(Cl)c(Cl)c3)CC2)cc(OC)c1OC. The Bertz CT molecular complexity index is 893. The van der Waals surface area contributed by atoms with E-state index in [0.717, 1.165) is 38.0 Å². The quantitative estimate of drug-likeness (QED) is 0.611. The predicted octanol–water partition coefficient (Wildman–Crippen LogP) is 4.81. The minimum atomic E-state index is -0.266. The van der Waals surface area contributed by atoms with Crippen molar-refractivity contribution in [2.24, 2.45) is 0 Å². The van der Waals surface area contributed by atoms with Gasteiger partial charge >= 0.3 is 6.03 Å². The van der Waals surface area contributed by atoms with E-state index < -0.39 is 0 Å². The molecule has 1 aliphatic rings. The van der Waals surface area contributed by atoms with Crippen LogP contribution in [-0.4, -0.2) is 51.4 Å². The fraction of sp³-hybridized carbons (Fsp3) is 0.409. The first-order chi connectivity index (χ1) is 14.9. The number of rotatable bonds is 7. The Labute approximate surface area is 192 Å². The third-order valence-corrected chi connectivity index (χ3v) is 5.97. The predicted molar refractivity (Wildman–Crippen MR) is 123 cm³/mol. The number of methoxy groups -OCH3 is 3. The Kier molecular flexibility index (Phi) is 8.12. The molecule has 9 heteroatoms. The van der Waals surface area contributed by atoms with Crippen LogP contribution in [0, 0.1) is 0 Å². The van der Waals surface area contributed by atoms with Crippen molar-refractivity contribution in [2.75, 3.05) is 39.7 Å². The number of nitrogens with zero attached hydrogens (tertiary/aromatic N) is 1. The van der Waals surface area contributed by atoms with Crippen LogP contribution < -0.4 is 24.8 Å². The highest BCUT2D eigenvalue weighted by Crippen LogP contribution is 2.39. The molecular weight excluding hydrogens is 441 g/mol. The second-order valence-corrected chi connectivity index (χ2v) is 8.13. The van der Waals surface area contributed by atoms with Crippen molar-refractivity contribution in [1.29, 1.82) is 0 Å². The Morgan fingerprint density at radius 2 is 1.65 bits per heavy atom. The minimum absolute atomic E-state index is 0.104. The minimum Gasteiger partial charge on any atom is -0.493 e. The normalized spacial score (nSPS) is 14.7. The molecule has 1 saturated heterocycles. The topological polar surface area (TPSA) is 72.1 Å². The van der Waals surface area contributed by atoms with Crippen LogP contribution in [0.1, 0.15) is 18.4 Å². The maximum atomic E-state index is 12.5. The van der Waals surface area contributed by atoms with Crippen molar-refractivity contribution < 1.29 is 19.0 Å². The monoisotopic (exact) mass is 467 g/mol. The first-order valence-corrected chi connectivity index (χ1v) is 10.7. The van der Waals surface area contributed by atoms with E-state index in [-0.39, 0.29) is 12.1 Å². The van der Waals surface area contributed by atoms with Crippen LogP contribution in [0.2, 0.25) is 10.0 Å². The van der Waals surface area contributed by atoms with Gasteiger partial charge in [-0.3, -0.25) is 4.90 Å². The summed E-state index contributed by atoms with van der Waals surface area (Å²) in [4.78, 5) is 14.8. The standard InChI is InChI=1S/C22H27Cl2N3O4/c1-29-19-11-16(12-20(30-2)21(19)31-3)26-22(28)25-15-6-8-27(9-7-15)13-14-4-5-17(23)18(24)10-14/h4-5,10-12,15H,6-9,13H2,1-3H3,(H2,25,26,28). The Balaban J connectivity index is 1.51. The van der Waals surface area contributed by atoms with Gasteiger partial charge in [0.1, 0.15) is 0 Å². The number of carbonyl (C=O) groups is 1. The molecule has 2 amide bonds. The number of urea groups is 1. The highest BCUT2D eigenvalue weighted by Gasteiger charge is 2.21. The molecule has 31 heavy (non-hydrogen) atoms. The van der Waals surface area contributed by atoms with Crippen LogP contribution in [0.5, 0.6) is 17.2 Å². The van der Waals surface area contributed by atoms with Crippen molar-refractivity contribution in [3.63, 3.8) is 0 Å². The van der Waals surface area contributed by atoms with Crippen LogP contribution in [0.25, 0.3) is 0 Å². The van der Waals surface area contributed by atoms with Gasteiger partial charge in [-0.25, -0.2) is 4.79 Å². The van der Waals surface area contributed by atoms with Crippen molar-refractivity contribution in [2.45, 2.75) is 25.4 Å². The number of ether oxygens (including phenoxy) is 3. The second kappa shape index (κ2) is 10.8. The summed E-state index contributed by atoms with van der Waals surface area (Å²) in [5.41, 5.74) is 1.69. The number of hydrogen-bond donors (Lipinski definition) is 2. The maximum Gasteiger partial charge on any atom is 0.319 e. The molecule has 2 aromatic carbocycles. The average Bonchev–Trinajstić information content (AvgIpc) is 2.76. The number of carbonyl (C=O) groups excluding carboxylic acids is 1. The maximum absolute atomic E-state index is 12.5. The molecule has 2 N–H and O–H groups in total. The van der Waals surface area contributed by atoms with Crippen molar-refractivity contribution in [3.05, 3.63) is 45.9 Å². The Hall–Kier alpha value is -2.35. The smallest absolute Gasteiger partial charge is 0.319 e. The lowest BCUT2D eigenvalue weighted by molar-refractivity contribution is 0.190. The van der Waals surface area contributed by atoms with E-state index in [2.05, 4.69) is 15.5 Å². The van der Waals surface area contributed by atoms with Gasteiger partial charge in [0.15, 0.2) is 11.5 Å². The van der Waals surface area contributed by atoms with Crippen LogP contribution >= 0.6 is 23.2 Å². The first kappa shape index (κ1) is 23.3. The number of anilines is 1. The van der Waals surface area contributed by atoms with Crippen LogP contribution in [0.4, 0.5) is 10.5 Å². The van der Waals surface area contributed by atoms with E-state index >= 15 is 0 Å². The van der Waals surface area contributed by atoms with E-state index in [0.29, 0.717) is 33.0 Å². The molecule has 0 aliphatic carbocycles.